The largest absolute Gasteiger partial charge is 0.347 e. The van der Waals surface area contributed by atoms with Crippen molar-refractivity contribution in [2.75, 3.05) is 0 Å². The van der Waals surface area contributed by atoms with Crippen LogP contribution in [0, 0.1) is 0 Å². The molecule has 0 radical (unpaired) electrons. The SMILES string of the molecule is O=C(NCc1ccccc1)c1cn(-c2cccc(Cl)c2)nn1. The van der Waals surface area contributed by atoms with Gasteiger partial charge in [-0.3, -0.25) is 4.79 Å². The van der Waals surface area contributed by atoms with E-state index in [2.05, 4.69) is 15.6 Å². The molecule has 1 heterocycles. The summed E-state index contributed by atoms with van der Waals surface area (Å²) in [5.74, 6) is -0.267. The van der Waals surface area contributed by atoms with E-state index >= 15 is 0 Å². The van der Waals surface area contributed by atoms with Crippen LogP contribution in [0.4, 0.5) is 0 Å². The first kappa shape index (κ1) is 14.3. The summed E-state index contributed by atoms with van der Waals surface area (Å²) in [4.78, 5) is 12.1. The normalized spacial score (nSPS) is 10.4. The molecule has 0 atom stereocenters. The average Bonchev–Trinajstić information content (AvgIpc) is 3.04. The van der Waals surface area contributed by atoms with Crippen LogP contribution in [0.5, 0.6) is 0 Å². The molecule has 0 saturated heterocycles. The maximum Gasteiger partial charge on any atom is 0.273 e. The lowest BCUT2D eigenvalue weighted by molar-refractivity contribution is 0.0946. The van der Waals surface area contributed by atoms with Crippen LogP contribution in [-0.2, 0) is 6.54 Å². The van der Waals surface area contributed by atoms with Crippen molar-refractivity contribution in [3.8, 4) is 5.69 Å². The highest BCUT2D eigenvalue weighted by Crippen LogP contribution is 2.14. The molecule has 0 aliphatic rings. The maximum atomic E-state index is 12.1. The molecule has 0 saturated carbocycles. The first-order valence-electron chi connectivity index (χ1n) is 6.73. The van der Waals surface area contributed by atoms with Crippen molar-refractivity contribution >= 4 is 17.5 Å². The predicted octanol–water partition coefficient (Wildman–Crippen LogP) is 2.85. The first-order chi connectivity index (χ1) is 10.7. The Kier molecular flexibility index (Phi) is 4.16. The Morgan fingerprint density at radius 1 is 1.14 bits per heavy atom. The summed E-state index contributed by atoms with van der Waals surface area (Å²) >= 11 is 5.94. The number of aromatic nitrogens is 3. The number of halogens is 1. The van der Waals surface area contributed by atoms with Gasteiger partial charge >= 0.3 is 0 Å². The Balaban J connectivity index is 1.69. The van der Waals surface area contributed by atoms with E-state index in [9.17, 15) is 4.79 Å². The molecule has 0 aliphatic carbocycles. The summed E-state index contributed by atoms with van der Waals surface area (Å²) in [6, 6.07) is 16.9. The molecule has 1 aromatic heterocycles. The van der Waals surface area contributed by atoms with Crippen LogP contribution in [0.25, 0.3) is 5.69 Å². The average molecular weight is 313 g/mol. The van der Waals surface area contributed by atoms with Gasteiger partial charge in [0.05, 0.1) is 11.9 Å². The van der Waals surface area contributed by atoms with Gasteiger partial charge in [-0.2, -0.15) is 0 Å². The van der Waals surface area contributed by atoms with Crippen molar-refractivity contribution in [1.82, 2.24) is 20.3 Å². The van der Waals surface area contributed by atoms with Gasteiger partial charge < -0.3 is 5.32 Å². The van der Waals surface area contributed by atoms with Gasteiger partial charge in [-0.15, -0.1) is 5.10 Å². The molecule has 6 heteroatoms. The Labute approximate surface area is 132 Å². The lowest BCUT2D eigenvalue weighted by atomic mass is 10.2. The van der Waals surface area contributed by atoms with Gasteiger partial charge in [0.1, 0.15) is 0 Å². The molecule has 5 nitrogen and oxygen atoms in total. The lowest BCUT2D eigenvalue weighted by Crippen LogP contribution is -2.23. The van der Waals surface area contributed by atoms with E-state index < -0.39 is 0 Å². The fourth-order valence-electron chi connectivity index (χ4n) is 1.98. The van der Waals surface area contributed by atoms with Crippen LogP contribution in [0.15, 0.2) is 60.8 Å². The topological polar surface area (TPSA) is 59.8 Å². The molecule has 0 aliphatic heterocycles. The van der Waals surface area contributed by atoms with Crippen LogP contribution < -0.4 is 5.32 Å². The summed E-state index contributed by atoms with van der Waals surface area (Å²) in [5, 5.41) is 11.3. The van der Waals surface area contributed by atoms with Gasteiger partial charge in [-0.05, 0) is 23.8 Å². The standard InChI is InChI=1S/C16H13ClN4O/c17-13-7-4-8-14(9-13)21-11-15(19-20-21)16(22)18-10-12-5-2-1-3-6-12/h1-9,11H,10H2,(H,18,22). The molecule has 3 rings (SSSR count). The second-order valence-electron chi connectivity index (χ2n) is 4.70. The summed E-state index contributed by atoms with van der Waals surface area (Å²) in [7, 11) is 0. The van der Waals surface area contributed by atoms with Crippen LogP contribution in [0.3, 0.4) is 0 Å². The van der Waals surface area contributed by atoms with Crippen molar-refractivity contribution < 1.29 is 4.79 Å². The number of nitrogens with one attached hydrogen (secondary N) is 1. The van der Waals surface area contributed by atoms with Crippen LogP contribution in [0.2, 0.25) is 5.02 Å². The lowest BCUT2D eigenvalue weighted by Gasteiger charge is -2.02. The number of benzene rings is 2. The summed E-state index contributed by atoms with van der Waals surface area (Å²) in [5.41, 5.74) is 2.04. The number of carbonyl (C=O) groups is 1. The Morgan fingerprint density at radius 3 is 2.73 bits per heavy atom. The van der Waals surface area contributed by atoms with Gasteiger partial charge in [-0.25, -0.2) is 4.68 Å². The second-order valence-corrected chi connectivity index (χ2v) is 5.13. The van der Waals surface area contributed by atoms with Crippen molar-refractivity contribution in [2.45, 2.75) is 6.54 Å². The van der Waals surface area contributed by atoms with E-state index in [0.29, 0.717) is 11.6 Å². The third-order valence-electron chi connectivity index (χ3n) is 3.09. The van der Waals surface area contributed by atoms with Crippen molar-refractivity contribution in [3.63, 3.8) is 0 Å². The Hall–Kier alpha value is -2.66. The minimum absolute atomic E-state index is 0.260. The van der Waals surface area contributed by atoms with Gasteiger partial charge in [0.15, 0.2) is 5.69 Å². The van der Waals surface area contributed by atoms with E-state index in [1.807, 2.05) is 42.5 Å². The fourth-order valence-corrected chi connectivity index (χ4v) is 2.17. The smallest absolute Gasteiger partial charge is 0.273 e. The summed E-state index contributed by atoms with van der Waals surface area (Å²) < 4.78 is 1.52. The molecule has 1 N–H and O–H groups in total. The number of nitrogens with zero attached hydrogens (tertiary/aromatic N) is 3. The quantitative estimate of drug-likeness (QED) is 0.806. The van der Waals surface area contributed by atoms with Crippen LogP contribution in [0.1, 0.15) is 16.1 Å². The van der Waals surface area contributed by atoms with Crippen molar-refractivity contribution in [1.29, 1.82) is 0 Å². The number of hydrogen-bond acceptors (Lipinski definition) is 3. The van der Waals surface area contributed by atoms with Gasteiger partial charge in [0, 0.05) is 11.6 Å². The predicted molar refractivity (Wildman–Crippen MR) is 84.0 cm³/mol. The molecule has 2 aromatic carbocycles. The van der Waals surface area contributed by atoms with E-state index in [1.165, 1.54) is 4.68 Å². The molecule has 0 fully saturated rings. The zero-order valence-electron chi connectivity index (χ0n) is 11.6. The van der Waals surface area contributed by atoms with E-state index in [1.54, 1.807) is 18.3 Å². The summed E-state index contributed by atoms with van der Waals surface area (Å²) in [6.07, 6.45) is 1.58. The second kappa shape index (κ2) is 6.41. The molecule has 1 amide bonds. The first-order valence-corrected chi connectivity index (χ1v) is 7.10. The number of carbonyl (C=O) groups excluding carboxylic acids is 1. The molecule has 0 unspecified atom stereocenters. The minimum Gasteiger partial charge on any atom is -0.347 e. The third kappa shape index (κ3) is 3.32. The molecule has 0 spiro atoms. The zero-order chi connectivity index (χ0) is 15.4. The monoisotopic (exact) mass is 312 g/mol. The summed E-state index contributed by atoms with van der Waals surface area (Å²) in [6.45, 7) is 0.448. The Morgan fingerprint density at radius 2 is 1.95 bits per heavy atom. The minimum atomic E-state index is -0.267. The van der Waals surface area contributed by atoms with E-state index in [4.69, 9.17) is 11.6 Å². The highest BCUT2D eigenvalue weighted by atomic mass is 35.5. The maximum absolute atomic E-state index is 12.1. The highest BCUT2D eigenvalue weighted by molar-refractivity contribution is 6.30. The highest BCUT2D eigenvalue weighted by Gasteiger charge is 2.11. The molecular formula is C16H13ClN4O. The number of hydrogen-bond donors (Lipinski definition) is 1. The molecule has 3 aromatic rings. The van der Waals surface area contributed by atoms with Crippen molar-refractivity contribution in [2.24, 2.45) is 0 Å². The van der Waals surface area contributed by atoms with Gasteiger partial charge in [-0.1, -0.05) is 53.2 Å². The zero-order valence-corrected chi connectivity index (χ0v) is 12.4. The van der Waals surface area contributed by atoms with Crippen LogP contribution >= 0.6 is 11.6 Å². The third-order valence-corrected chi connectivity index (χ3v) is 3.33. The molecule has 110 valence electrons. The fraction of sp³-hybridized carbons (Fsp3) is 0.0625. The molecule has 0 bridgehead atoms. The van der Waals surface area contributed by atoms with Crippen molar-refractivity contribution in [3.05, 3.63) is 77.1 Å². The number of amides is 1. The number of rotatable bonds is 4. The molecule has 22 heavy (non-hydrogen) atoms. The van der Waals surface area contributed by atoms with Gasteiger partial charge in [0.25, 0.3) is 5.91 Å². The van der Waals surface area contributed by atoms with E-state index in [0.717, 1.165) is 11.3 Å². The van der Waals surface area contributed by atoms with Gasteiger partial charge in [0.2, 0.25) is 0 Å². The Bertz CT molecular complexity index is 786. The molecular weight excluding hydrogens is 300 g/mol. The van der Waals surface area contributed by atoms with Crippen LogP contribution in [-0.4, -0.2) is 20.9 Å². The van der Waals surface area contributed by atoms with E-state index in [-0.39, 0.29) is 11.6 Å².